The van der Waals surface area contributed by atoms with Crippen LogP contribution in [0.25, 0.3) is 0 Å². The molecule has 0 fully saturated rings. The molecule has 1 amide bonds. The van der Waals surface area contributed by atoms with Crippen LogP contribution in [-0.4, -0.2) is 27.4 Å². The maximum absolute atomic E-state index is 13.2. The molecule has 0 radical (unpaired) electrons. The van der Waals surface area contributed by atoms with Crippen LogP contribution >= 0.6 is 0 Å². The number of rotatable bonds is 6. The average molecular weight is 298 g/mol. The lowest BCUT2D eigenvalue weighted by Gasteiger charge is -2.27. The van der Waals surface area contributed by atoms with Gasteiger partial charge in [-0.25, -0.2) is 9.18 Å². The molecule has 0 heterocycles. The molecule has 0 saturated carbocycles. The number of aliphatic carboxylic acids is 1. The fourth-order valence-corrected chi connectivity index (χ4v) is 1.92. The Balaban J connectivity index is 3.23. The molecule has 0 unspecified atom stereocenters. The second kappa shape index (κ2) is 6.29. The molecule has 0 aliphatic rings. The van der Waals surface area contributed by atoms with Crippen LogP contribution in [0.3, 0.4) is 0 Å². The van der Waals surface area contributed by atoms with E-state index in [2.05, 4.69) is 5.32 Å². The Bertz CT molecular complexity index is 584. The molecule has 7 nitrogen and oxygen atoms in total. The topological polar surface area (TPSA) is 110 Å². The number of carboxylic acids is 1. The number of hydrogen-bond acceptors (Lipinski definition) is 4. The quantitative estimate of drug-likeness (QED) is 0.617. The molecule has 114 valence electrons. The van der Waals surface area contributed by atoms with Crippen molar-refractivity contribution < 1.29 is 24.0 Å². The normalized spacial score (nSPS) is 11.0. The number of nitro benzene ring substituents is 1. The van der Waals surface area contributed by atoms with Crippen LogP contribution < -0.4 is 5.32 Å². The lowest BCUT2D eigenvalue weighted by Crippen LogP contribution is -2.53. The first-order valence-corrected chi connectivity index (χ1v) is 6.27. The maximum Gasteiger partial charge on any atom is 0.329 e. The molecular weight excluding hydrogens is 283 g/mol. The molecule has 2 N–H and O–H groups in total. The summed E-state index contributed by atoms with van der Waals surface area (Å²) >= 11 is 0. The summed E-state index contributed by atoms with van der Waals surface area (Å²) in [5, 5.41) is 22.4. The highest BCUT2D eigenvalue weighted by Crippen LogP contribution is 2.22. The zero-order valence-corrected chi connectivity index (χ0v) is 11.6. The molecule has 8 heteroatoms. The largest absolute Gasteiger partial charge is 0.480 e. The van der Waals surface area contributed by atoms with Crippen LogP contribution in [0, 0.1) is 15.9 Å². The molecule has 0 atom stereocenters. The number of halogens is 1. The van der Waals surface area contributed by atoms with Crippen molar-refractivity contribution in [3.8, 4) is 0 Å². The summed E-state index contributed by atoms with van der Waals surface area (Å²) in [6, 6.07) is 2.44. The predicted molar refractivity (Wildman–Crippen MR) is 71.5 cm³/mol. The predicted octanol–water partition coefficient (Wildman–Crippen LogP) is 2.11. The zero-order valence-electron chi connectivity index (χ0n) is 11.6. The van der Waals surface area contributed by atoms with Gasteiger partial charge < -0.3 is 10.4 Å². The molecule has 0 aromatic heterocycles. The van der Waals surface area contributed by atoms with E-state index in [9.17, 15) is 29.2 Å². The van der Waals surface area contributed by atoms with Gasteiger partial charge in [0.05, 0.1) is 4.92 Å². The van der Waals surface area contributed by atoms with Crippen molar-refractivity contribution in [1.82, 2.24) is 5.32 Å². The number of nitro groups is 1. The third-order valence-corrected chi connectivity index (χ3v) is 3.37. The van der Waals surface area contributed by atoms with Crippen molar-refractivity contribution in [2.45, 2.75) is 32.2 Å². The molecule has 0 bridgehead atoms. The Morgan fingerprint density at radius 3 is 2.38 bits per heavy atom. The van der Waals surface area contributed by atoms with E-state index in [0.29, 0.717) is 6.07 Å². The van der Waals surface area contributed by atoms with Crippen LogP contribution in [0.1, 0.15) is 37.0 Å². The lowest BCUT2D eigenvalue weighted by molar-refractivity contribution is -0.385. The van der Waals surface area contributed by atoms with Crippen LogP contribution in [0.2, 0.25) is 0 Å². The monoisotopic (exact) mass is 298 g/mol. The highest BCUT2D eigenvalue weighted by Gasteiger charge is 2.37. The van der Waals surface area contributed by atoms with E-state index < -0.39 is 39.4 Å². The van der Waals surface area contributed by atoms with Gasteiger partial charge >= 0.3 is 5.97 Å². The van der Waals surface area contributed by atoms with Gasteiger partial charge in [0.15, 0.2) is 0 Å². The maximum atomic E-state index is 13.2. The Morgan fingerprint density at radius 1 is 1.38 bits per heavy atom. The van der Waals surface area contributed by atoms with Crippen LogP contribution in [0.4, 0.5) is 10.1 Å². The van der Waals surface area contributed by atoms with E-state index in [1.165, 1.54) is 0 Å². The summed E-state index contributed by atoms with van der Waals surface area (Å²) in [5.74, 6) is -3.06. The number of nitrogens with zero attached hydrogens (tertiary/aromatic N) is 1. The Labute approximate surface area is 119 Å². The first-order valence-electron chi connectivity index (χ1n) is 6.27. The summed E-state index contributed by atoms with van der Waals surface area (Å²) in [4.78, 5) is 33.5. The third kappa shape index (κ3) is 3.33. The first-order chi connectivity index (χ1) is 9.77. The fraction of sp³-hybridized carbons (Fsp3) is 0.385. The summed E-state index contributed by atoms with van der Waals surface area (Å²) in [6.45, 7) is 3.13. The molecule has 0 aliphatic heterocycles. The van der Waals surface area contributed by atoms with E-state index >= 15 is 0 Å². The van der Waals surface area contributed by atoms with Gasteiger partial charge in [-0.05, 0) is 25.0 Å². The fourth-order valence-electron chi connectivity index (χ4n) is 1.92. The Kier molecular flexibility index (Phi) is 4.96. The Hall–Kier alpha value is -2.51. The second-order valence-electron chi connectivity index (χ2n) is 4.47. The Morgan fingerprint density at radius 2 is 1.95 bits per heavy atom. The molecule has 0 saturated heterocycles. The summed E-state index contributed by atoms with van der Waals surface area (Å²) < 4.78 is 13.2. The lowest BCUT2D eigenvalue weighted by atomic mass is 9.92. The van der Waals surface area contributed by atoms with Gasteiger partial charge in [0, 0.05) is 6.07 Å². The SMILES string of the molecule is CCC(CC)(NC(=O)c1cc(F)ccc1[N+](=O)[O-])C(=O)O. The number of amides is 1. The number of carbonyl (C=O) groups excluding carboxylic acids is 1. The minimum atomic E-state index is -1.54. The summed E-state index contributed by atoms with van der Waals surface area (Å²) in [6.07, 6.45) is 0.182. The van der Waals surface area contributed by atoms with Gasteiger partial charge in [-0.2, -0.15) is 0 Å². The van der Waals surface area contributed by atoms with Crippen LogP contribution in [-0.2, 0) is 4.79 Å². The molecule has 0 aliphatic carbocycles. The number of carboxylic acid groups (broad SMARTS) is 1. The second-order valence-corrected chi connectivity index (χ2v) is 4.47. The van der Waals surface area contributed by atoms with Crippen molar-refractivity contribution in [1.29, 1.82) is 0 Å². The van der Waals surface area contributed by atoms with E-state index in [4.69, 9.17) is 0 Å². The molecule has 1 aromatic carbocycles. The summed E-state index contributed by atoms with van der Waals surface area (Å²) in [7, 11) is 0. The van der Waals surface area contributed by atoms with Crippen LogP contribution in [0.5, 0.6) is 0 Å². The van der Waals surface area contributed by atoms with Crippen LogP contribution in [0.15, 0.2) is 18.2 Å². The van der Waals surface area contributed by atoms with Gasteiger partial charge in [-0.3, -0.25) is 14.9 Å². The van der Waals surface area contributed by atoms with Crippen molar-refractivity contribution in [2.75, 3.05) is 0 Å². The molecular formula is C13H15FN2O5. The van der Waals surface area contributed by atoms with Gasteiger partial charge in [-0.1, -0.05) is 13.8 Å². The van der Waals surface area contributed by atoms with Gasteiger partial charge in [0.25, 0.3) is 11.6 Å². The number of carbonyl (C=O) groups is 2. The van der Waals surface area contributed by atoms with E-state index in [-0.39, 0.29) is 12.8 Å². The molecule has 21 heavy (non-hydrogen) atoms. The van der Waals surface area contributed by atoms with Crippen molar-refractivity contribution in [3.63, 3.8) is 0 Å². The minimum absolute atomic E-state index is 0.0910. The summed E-state index contributed by atoms with van der Waals surface area (Å²) in [5.41, 5.74) is -2.63. The van der Waals surface area contributed by atoms with E-state index in [1.54, 1.807) is 13.8 Å². The third-order valence-electron chi connectivity index (χ3n) is 3.37. The van der Waals surface area contributed by atoms with Gasteiger partial charge in [0.2, 0.25) is 0 Å². The van der Waals surface area contributed by atoms with Gasteiger partial charge in [0.1, 0.15) is 16.9 Å². The van der Waals surface area contributed by atoms with E-state index in [1.807, 2.05) is 0 Å². The smallest absolute Gasteiger partial charge is 0.329 e. The highest BCUT2D eigenvalue weighted by molar-refractivity contribution is 6.00. The average Bonchev–Trinajstić information content (AvgIpc) is 2.43. The number of hydrogen-bond donors (Lipinski definition) is 2. The minimum Gasteiger partial charge on any atom is -0.480 e. The molecule has 0 spiro atoms. The van der Waals surface area contributed by atoms with Gasteiger partial charge in [-0.15, -0.1) is 0 Å². The van der Waals surface area contributed by atoms with E-state index in [0.717, 1.165) is 12.1 Å². The standard InChI is InChI=1S/C13H15FN2O5/c1-3-13(4-2,12(18)19)15-11(17)9-7-8(14)5-6-10(9)16(20)21/h5-7H,3-4H2,1-2H3,(H,15,17)(H,18,19). The first kappa shape index (κ1) is 16.5. The number of nitrogens with one attached hydrogen (secondary N) is 1. The zero-order chi connectivity index (χ0) is 16.2. The van der Waals surface area contributed by atoms with Crippen molar-refractivity contribution in [2.24, 2.45) is 0 Å². The highest BCUT2D eigenvalue weighted by atomic mass is 19.1. The number of benzene rings is 1. The molecule has 1 rings (SSSR count). The van der Waals surface area contributed by atoms with Crippen molar-refractivity contribution in [3.05, 3.63) is 39.7 Å². The molecule has 1 aromatic rings. The van der Waals surface area contributed by atoms with Crippen molar-refractivity contribution >= 4 is 17.6 Å².